The number of methoxy groups -OCH3 is 1. The van der Waals surface area contributed by atoms with Gasteiger partial charge in [0.05, 0.1) is 6.61 Å². The Kier molecular flexibility index (Phi) is 6.56. The monoisotopic (exact) mass is 343 g/mol. The molecule has 0 aromatic heterocycles. The van der Waals surface area contributed by atoms with E-state index in [1.165, 1.54) is 0 Å². The summed E-state index contributed by atoms with van der Waals surface area (Å²) in [5, 5.41) is 13.7. The maximum absolute atomic E-state index is 12.6. The summed E-state index contributed by atoms with van der Waals surface area (Å²) >= 11 is 0. The van der Waals surface area contributed by atoms with Crippen LogP contribution in [0.1, 0.15) is 27.8 Å². The second-order valence-corrected chi connectivity index (χ2v) is 6.88. The lowest BCUT2D eigenvalue weighted by Crippen LogP contribution is -2.20. The molecule has 0 heterocycles. The molecule has 24 heavy (non-hydrogen) atoms. The summed E-state index contributed by atoms with van der Waals surface area (Å²) in [6, 6.07) is 9.44. The Hall–Kier alpha value is -1.67. The van der Waals surface area contributed by atoms with E-state index in [1.807, 2.05) is 30.3 Å². The molecule has 2 aromatic carbocycles. The van der Waals surface area contributed by atoms with E-state index in [0.717, 1.165) is 38.9 Å². The maximum atomic E-state index is 12.6. The summed E-state index contributed by atoms with van der Waals surface area (Å²) in [6.45, 7) is 9.31. The molecular weight excluding hydrogens is 319 g/mol. The molecule has 0 N–H and O–H groups in total. The highest BCUT2D eigenvalue weighted by Gasteiger charge is 2.15. The summed E-state index contributed by atoms with van der Waals surface area (Å²) in [6.07, 6.45) is 0. The second-order valence-electron chi connectivity index (χ2n) is 5.80. The van der Waals surface area contributed by atoms with Crippen molar-refractivity contribution in [1.29, 1.82) is 0 Å². The van der Waals surface area contributed by atoms with Crippen molar-refractivity contribution in [1.82, 2.24) is 0 Å². The Morgan fingerprint density at radius 2 is 1.50 bits per heavy atom. The molecule has 3 nitrogen and oxygen atoms in total. The molecule has 0 unspecified atom stereocenters. The Balaban J connectivity index is 2.45. The summed E-state index contributed by atoms with van der Waals surface area (Å²) < 4.78 is 11.0. The molecule has 2 rings (SSSR count). The van der Waals surface area contributed by atoms with Crippen LogP contribution in [0.25, 0.3) is 0 Å². The van der Waals surface area contributed by atoms with Crippen molar-refractivity contribution in [2.75, 3.05) is 20.3 Å². The first kappa shape index (κ1) is 18.7. The minimum Gasteiger partial charge on any atom is -0.823 e. The fourth-order valence-corrected chi connectivity index (χ4v) is 3.77. The van der Waals surface area contributed by atoms with Gasteiger partial charge in [-0.1, -0.05) is 38.5 Å². The highest BCUT2D eigenvalue weighted by Crippen LogP contribution is 2.30. The Morgan fingerprint density at radius 3 is 2.04 bits per heavy atom. The molecule has 0 saturated carbocycles. The van der Waals surface area contributed by atoms with Crippen molar-refractivity contribution in [3.63, 3.8) is 0 Å². The standard InChI is InChI=1S/C20H25O3P/c1-13-15(3)19(24-20(21)17-9-7-6-8-10-17)16(4)14(2)18(13)23-12-11-22-5/h6-10,21H,11-12H2,1-5H3/p-1. The van der Waals surface area contributed by atoms with Crippen LogP contribution in [-0.4, -0.2) is 25.8 Å². The summed E-state index contributed by atoms with van der Waals surface area (Å²) in [5.41, 5.74) is 5.30. The Bertz CT molecular complexity index is 707. The van der Waals surface area contributed by atoms with Gasteiger partial charge in [-0.2, -0.15) is 0 Å². The number of ether oxygens (including phenoxy) is 2. The zero-order chi connectivity index (χ0) is 17.7. The van der Waals surface area contributed by atoms with Gasteiger partial charge < -0.3 is 14.6 Å². The van der Waals surface area contributed by atoms with E-state index in [1.54, 1.807) is 7.11 Å². The van der Waals surface area contributed by atoms with E-state index in [-0.39, 0.29) is 5.48 Å². The van der Waals surface area contributed by atoms with Crippen LogP contribution in [0.15, 0.2) is 30.3 Å². The topological polar surface area (TPSA) is 41.5 Å². The maximum Gasteiger partial charge on any atom is 0.125 e. The first-order valence-electron chi connectivity index (χ1n) is 8.00. The zero-order valence-corrected chi connectivity index (χ0v) is 15.9. The number of hydrogen-bond acceptors (Lipinski definition) is 3. The molecule has 0 aliphatic heterocycles. The molecule has 2 aromatic rings. The van der Waals surface area contributed by atoms with Crippen molar-refractivity contribution in [2.24, 2.45) is 0 Å². The van der Waals surface area contributed by atoms with E-state index in [9.17, 15) is 5.11 Å². The fourth-order valence-electron chi connectivity index (χ4n) is 2.62. The molecule has 0 aliphatic carbocycles. The number of rotatable bonds is 6. The van der Waals surface area contributed by atoms with E-state index in [2.05, 4.69) is 27.7 Å². The zero-order valence-electron chi connectivity index (χ0n) is 15.0. The first-order chi connectivity index (χ1) is 11.5. The van der Waals surface area contributed by atoms with Gasteiger partial charge in [-0.25, -0.2) is 0 Å². The van der Waals surface area contributed by atoms with E-state index >= 15 is 0 Å². The van der Waals surface area contributed by atoms with Gasteiger partial charge in [0.15, 0.2) is 0 Å². The van der Waals surface area contributed by atoms with Gasteiger partial charge >= 0.3 is 0 Å². The number of hydrogen-bond donors (Lipinski definition) is 0. The van der Waals surface area contributed by atoms with Crippen LogP contribution in [0.5, 0.6) is 5.75 Å². The largest absolute Gasteiger partial charge is 0.823 e. The smallest absolute Gasteiger partial charge is 0.125 e. The molecule has 4 heteroatoms. The van der Waals surface area contributed by atoms with Crippen LogP contribution >= 0.6 is 8.20 Å². The van der Waals surface area contributed by atoms with Crippen molar-refractivity contribution in [2.45, 2.75) is 27.7 Å². The Morgan fingerprint density at radius 1 is 0.917 bits per heavy atom. The third-order valence-corrected chi connectivity index (χ3v) is 5.64. The molecule has 0 bridgehead atoms. The lowest BCUT2D eigenvalue weighted by molar-refractivity contribution is -0.207. The van der Waals surface area contributed by atoms with Crippen molar-refractivity contribution in [3.05, 3.63) is 58.1 Å². The van der Waals surface area contributed by atoms with Crippen LogP contribution in [0.2, 0.25) is 0 Å². The van der Waals surface area contributed by atoms with Crippen molar-refractivity contribution < 1.29 is 14.6 Å². The molecule has 0 radical (unpaired) electrons. The van der Waals surface area contributed by atoms with E-state index < -0.39 is 0 Å². The second kappa shape index (κ2) is 8.43. The minimum atomic E-state index is 0.119. The minimum absolute atomic E-state index is 0.119. The molecule has 128 valence electrons. The van der Waals surface area contributed by atoms with Crippen molar-refractivity contribution in [3.8, 4) is 5.75 Å². The van der Waals surface area contributed by atoms with Gasteiger partial charge in [-0.05, 0) is 55.5 Å². The molecule has 0 saturated heterocycles. The lowest BCUT2D eigenvalue weighted by Gasteiger charge is -2.21. The van der Waals surface area contributed by atoms with Gasteiger partial charge in [0.1, 0.15) is 12.4 Å². The van der Waals surface area contributed by atoms with Crippen LogP contribution in [0.4, 0.5) is 0 Å². The van der Waals surface area contributed by atoms with Gasteiger partial charge in [0, 0.05) is 12.4 Å². The van der Waals surface area contributed by atoms with Crippen LogP contribution < -0.4 is 15.1 Å². The normalized spacial score (nSPS) is 11.7. The molecule has 0 fully saturated rings. The highest BCUT2D eigenvalue weighted by molar-refractivity contribution is 7.49. The average Bonchev–Trinajstić information content (AvgIpc) is 2.60. The molecular formula is C20H24O3P-. The summed E-state index contributed by atoms with van der Waals surface area (Å²) in [5.74, 6) is 0.910. The fraction of sp³-hybridized carbons (Fsp3) is 0.350. The van der Waals surface area contributed by atoms with Crippen LogP contribution in [-0.2, 0) is 4.74 Å². The Labute approximate surface area is 146 Å². The van der Waals surface area contributed by atoms with Crippen molar-refractivity contribution >= 4 is 19.0 Å². The first-order valence-corrected chi connectivity index (χ1v) is 8.90. The van der Waals surface area contributed by atoms with Gasteiger partial charge in [0.2, 0.25) is 0 Å². The molecule has 0 spiro atoms. The third-order valence-electron chi connectivity index (χ3n) is 4.28. The third kappa shape index (κ3) is 4.05. The lowest BCUT2D eigenvalue weighted by atomic mass is 10.00. The molecule has 0 atom stereocenters. The van der Waals surface area contributed by atoms with Gasteiger partial charge in [0.25, 0.3) is 0 Å². The van der Waals surface area contributed by atoms with Gasteiger partial charge in [-0.15, -0.1) is 5.48 Å². The van der Waals surface area contributed by atoms with Crippen LogP contribution in [0.3, 0.4) is 0 Å². The van der Waals surface area contributed by atoms with Crippen LogP contribution in [0, 0.1) is 27.7 Å². The molecule has 0 amide bonds. The van der Waals surface area contributed by atoms with Gasteiger partial charge in [-0.3, -0.25) is 0 Å². The quantitative estimate of drug-likeness (QED) is 0.598. The number of benzene rings is 2. The summed E-state index contributed by atoms with van der Waals surface area (Å²) in [4.78, 5) is 0. The van der Waals surface area contributed by atoms with E-state index in [4.69, 9.17) is 9.47 Å². The molecule has 0 aliphatic rings. The SMILES string of the molecule is COCCOc1c(C)c(C)c(P=C([O-])c2ccccc2)c(C)c1C. The van der Waals surface area contributed by atoms with E-state index in [0.29, 0.717) is 21.4 Å². The summed E-state index contributed by atoms with van der Waals surface area (Å²) in [7, 11) is 2.37. The predicted molar refractivity (Wildman–Crippen MR) is 99.9 cm³/mol. The highest BCUT2D eigenvalue weighted by atomic mass is 31.1. The average molecular weight is 343 g/mol. The predicted octanol–water partition coefficient (Wildman–Crippen LogP) is 3.06.